The quantitative estimate of drug-likeness (QED) is 0.505. The van der Waals surface area contributed by atoms with Crippen molar-refractivity contribution in [3.05, 3.63) is 87.2 Å². The molecule has 11 heteroatoms. The number of halogens is 1. The first kappa shape index (κ1) is 23.6. The van der Waals surface area contributed by atoms with Crippen LogP contribution in [0.3, 0.4) is 0 Å². The van der Waals surface area contributed by atoms with Gasteiger partial charge in [-0.1, -0.05) is 41.7 Å². The zero-order chi connectivity index (χ0) is 24.6. The maximum Gasteiger partial charge on any atom is 0.350 e. The second kappa shape index (κ2) is 8.99. The van der Waals surface area contributed by atoms with E-state index in [-0.39, 0.29) is 32.8 Å². The number of hydrogen-bond donors (Lipinski definition) is 1. The van der Waals surface area contributed by atoms with Gasteiger partial charge in [-0.2, -0.15) is 0 Å². The summed E-state index contributed by atoms with van der Waals surface area (Å²) in [5.74, 6) is -3.17. The molecule has 2 heterocycles. The summed E-state index contributed by atoms with van der Waals surface area (Å²) in [6, 6.07) is 10.9. The number of sulfone groups is 1. The number of benzene rings is 2. The minimum Gasteiger partial charge on any atom is -0.502 e. The van der Waals surface area contributed by atoms with E-state index in [2.05, 4.69) is 4.98 Å². The number of hydrogen-bond acceptors (Lipinski definition) is 8. The molecule has 4 rings (SSSR count). The fraction of sp³-hybridized carbons (Fsp3) is 0.174. The van der Waals surface area contributed by atoms with Crippen LogP contribution >= 0.6 is 11.3 Å². The first-order valence-corrected chi connectivity index (χ1v) is 12.4. The topological polar surface area (TPSA) is 114 Å². The maximum absolute atomic E-state index is 13.6. The predicted molar refractivity (Wildman–Crippen MR) is 123 cm³/mol. The molecule has 1 amide bonds. The molecule has 1 aliphatic rings. The van der Waals surface area contributed by atoms with Gasteiger partial charge < -0.3 is 9.84 Å². The first-order chi connectivity index (χ1) is 16.2. The Morgan fingerprint density at radius 2 is 1.82 bits per heavy atom. The fourth-order valence-corrected chi connectivity index (χ4v) is 6.23. The van der Waals surface area contributed by atoms with Gasteiger partial charge in [-0.25, -0.2) is 22.6 Å². The van der Waals surface area contributed by atoms with E-state index in [4.69, 9.17) is 4.74 Å². The van der Waals surface area contributed by atoms with E-state index in [1.54, 1.807) is 19.9 Å². The third-order valence-corrected chi connectivity index (χ3v) is 8.17. The number of aliphatic hydroxyl groups is 1. The number of esters is 1. The Balaban J connectivity index is 1.90. The van der Waals surface area contributed by atoms with E-state index in [1.165, 1.54) is 36.4 Å². The summed E-state index contributed by atoms with van der Waals surface area (Å²) in [4.78, 5) is 30.2. The van der Waals surface area contributed by atoms with Gasteiger partial charge in [-0.05, 0) is 43.7 Å². The van der Waals surface area contributed by atoms with E-state index >= 15 is 0 Å². The zero-order valence-electron chi connectivity index (χ0n) is 18.1. The van der Waals surface area contributed by atoms with Crippen LogP contribution in [-0.4, -0.2) is 37.0 Å². The Morgan fingerprint density at radius 3 is 2.44 bits per heavy atom. The standard InChI is InChI=1S/C23H19FN2O6S2/c1-3-32-22(29)19-13(2)25-23(33-19)26-17(14-9-11-15(24)12-10-14)20(18(27)21(26)28)34(30,31)16-7-5-4-6-8-16/h4-12,17,27H,3H2,1-2H3/t17-/m1/s1. The molecule has 34 heavy (non-hydrogen) atoms. The molecule has 0 spiro atoms. The van der Waals surface area contributed by atoms with E-state index < -0.39 is 44.2 Å². The van der Waals surface area contributed by atoms with Crippen LogP contribution in [0.5, 0.6) is 0 Å². The van der Waals surface area contributed by atoms with Gasteiger partial charge in [0.15, 0.2) is 10.9 Å². The molecule has 1 aliphatic heterocycles. The van der Waals surface area contributed by atoms with Crippen LogP contribution in [0.2, 0.25) is 0 Å². The molecule has 2 aromatic carbocycles. The van der Waals surface area contributed by atoms with Gasteiger partial charge in [0.1, 0.15) is 21.6 Å². The average Bonchev–Trinajstić information content (AvgIpc) is 3.32. The molecule has 0 fully saturated rings. The first-order valence-electron chi connectivity index (χ1n) is 10.1. The van der Waals surface area contributed by atoms with E-state index in [0.29, 0.717) is 0 Å². The molecule has 0 radical (unpaired) electrons. The molecule has 0 saturated carbocycles. The summed E-state index contributed by atoms with van der Waals surface area (Å²) < 4.78 is 45.7. The van der Waals surface area contributed by atoms with E-state index in [9.17, 15) is 27.5 Å². The maximum atomic E-state index is 13.6. The van der Waals surface area contributed by atoms with E-state index in [1.807, 2.05) is 0 Å². The lowest BCUT2D eigenvalue weighted by molar-refractivity contribution is -0.117. The summed E-state index contributed by atoms with van der Waals surface area (Å²) >= 11 is 0.833. The molecule has 1 N–H and O–H groups in total. The summed E-state index contributed by atoms with van der Waals surface area (Å²) in [5, 5.41) is 10.8. The Bertz CT molecular complexity index is 1400. The molecule has 0 bridgehead atoms. The Labute approximate surface area is 198 Å². The third-order valence-electron chi connectivity index (χ3n) is 5.14. The van der Waals surface area contributed by atoms with Crippen LogP contribution < -0.4 is 4.90 Å². The second-order valence-electron chi connectivity index (χ2n) is 7.29. The molecule has 0 unspecified atom stereocenters. The van der Waals surface area contributed by atoms with Crippen LogP contribution in [0.15, 0.2) is 70.2 Å². The number of aromatic nitrogens is 1. The summed E-state index contributed by atoms with van der Waals surface area (Å²) in [6.07, 6.45) is 0. The van der Waals surface area contributed by atoms with Crippen molar-refractivity contribution in [1.82, 2.24) is 4.98 Å². The zero-order valence-corrected chi connectivity index (χ0v) is 19.7. The molecule has 8 nitrogen and oxygen atoms in total. The van der Waals surface area contributed by atoms with Gasteiger partial charge in [0, 0.05) is 0 Å². The monoisotopic (exact) mass is 502 g/mol. The van der Waals surface area contributed by atoms with Crippen molar-refractivity contribution in [2.45, 2.75) is 24.8 Å². The minimum absolute atomic E-state index is 0.00955. The molecule has 0 saturated heterocycles. The average molecular weight is 503 g/mol. The Kier molecular flexibility index (Phi) is 6.24. The van der Waals surface area contributed by atoms with Gasteiger partial charge in [0.25, 0.3) is 5.91 Å². The number of nitrogens with zero attached hydrogens (tertiary/aromatic N) is 2. The van der Waals surface area contributed by atoms with Gasteiger partial charge >= 0.3 is 5.97 Å². The lowest BCUT2D eigenvalue weighted by Gasteiger charge is -2.24. The Hall–Kier alpha value is -3.57. The molecule has 0 aliphatic carbocycles. The van der Waals surface area contributed by atoms with Crippen molar-refractivity contribution in [1.29, 1.82) is 0 Å². The smallest absolute Gasteiger partial charge is 0.350 e. The van der Waals surface area contributed by atoms with Gasteiger partial charge in [-0.3, -0.25) is 9.69 Å². The van der Waals surface area contributed by atoms with Gasteiger partial charge in [0.2, 0.25) is 9.84 Å². The summed E-state index contributed by atoms with van der Waals surface area (Å²) in [6.45, 7) is 3.33. The van der Waals surface area contributed by atoms with E-state index in [0.717, 1.165) is 28.4 Å². The largest absolute Gasteiger partial charge is 0.502 e. The van der Waals surface area contributed by atoms with Gasteiger partial charge in [-0.15, -0.1) is 0 Å². The molecule has 1 aromatic heterocycles. The van der Waals surface area contributed by atoms with Crippen LogP contribution in [0.1, 0.15) is 33.9 Å². The van der Waals surface area contributed by atoms with Crippen LogP contribution in [0.4, 0.5) is 9.52 Å². The number of carbonyl (C=O) groups is 2. The van der Waals surface area contributed by atoms with Gasteiger partial charge in [0.05, 0.1) is 17.2 Å². The summed E-state index contributed by atoms with van der Waals surface area (Å²) in [5.41, 5.74) is 0.516. The van der Waals surface area contributed by atoms with Crippen molar-refractivity contribution in [3.8, 4) is 0 Å². The number of amides is 1. The number of rotatable bonds is 6. The molecular formula is C23H19FN2O6S2. The van der Waals surface area contributed by atoms with Crippen molar-refractivity contribution >= 4 is 38.2 Å². The fourth-order valence-electron chi connectivity index (χ4n) is 3.60. The van der Waals surface area contributed by atoms with Crippen LogP contribution in [-0.2, 0) is 19.4 Å². The third kappa shape index (κ3) is 3.97. The molecule has 176 valence electrons. The van der Waals surface area contributed by atoms with Crippen molar-refractivity contribution in [2.75, 3.05) is 11.5 Å². The lowest BCUT2D eigenvalue weighted by Crippen LogP contribution is -2.31. The minimum atomic E-state index is -4.34. The highest BCUT2D eigenvalue weighted by atomic mass is 32.2. The number of ether oxygens (including phenoxy) is 1. The van der Waals surface area contributed by atoms with Crippen LogP contribution in [0.25, 0.3) is 0 Å². The Morgan fingerprint density at radius 1 is 1.18 bits per heavy atom. The predicted octanol–water partition coefficient (Wildman–Crippen LogP) is 4.10. The van der Waals surface area contributed by atoms with Crippen molar-refractivity contribution in [3.63, 3.8) is 0 Å². The number of aliphatic hydroxyl groups excluding tert-OH is 1. The molecule has 3 aromatic rings. The SMILES string of the molecule is CCOC(=O)c1sc(N2C(=O)C(O)=C(S(=O)(=O)c3ccccc3)[C@H]2c2ccc(F)cc2)nc1C. The number of aryl methyl sites for hydroxylation is 1. The molecule has 1 atom stereocenters. The summed E-state index contributed by atoms with van der Waals surface area (Å²) in [7, 11) is -4.34. The number of thiazole rings is 1. The highest BCUT2D eigenvalue weighted by Crippen LogP contribution is 2.46. The molecular weight excluding hydrogens is 483 g/mol. The number of anilines is 1. The normalized spacial score (nSPS) is 16.3. The van der Waals surface area contributed by atoms with Crippen LogP contribution in [0, 0.1) is 12.7 Å². The second-order valence-corrected chi connectivity index (χ2v) is 10.2. The number of carbonyl (C=O) groups excluding carboxylic acids is 2. The van der Waals surface area contributed by atoms with Crippen molar-refractivity contribution in [2.24, 2.45) is 0 Å². The lowest BCUT2D eigenvalue weighted by atomic mass is 10.1. The highest BCUT2D eigenvalue weighted by molar-refractivity contribution is 7.95. The van der Waals surface area contributed by atoms with Crippen molar-refractivity contribution < 1.29 is 32.2 Å². The highest BCUT2D eigenvalue weighted by Gasteiger charge is 2.49.